The van der Waals surface area contributed by atoms with Crippen LogP contribution in [-0.4, -0.2) is 24.1 Å². The van der Waals surface area contributed by atoms with E-state index in [0.29, 0.717) is 0 Å². The third-order valence-electron chi connectivity index (χ3n) is 1.71. The van der Waals surface area contributed by atoms with Gasteiger partial charge < -0.3 is 15.6 Å². The maximum Gasteiger partial charge on any atom is 0.335 e. The van der Waals surface area contributed by atoms with Crippen LogP contribution in [0.3, 0.4) is 0 Å². The van der Waals surface area contributed by atoms with E-state index in [1.807, 2.05) is 13.8 Å². The number of benzene rings is 1. The van der Waals surface area contributed by atoms with Gasteiger partial charge in [-0.05, 0) is 18.2 Å². The minimum atomic E-state index is -1.12. The van der Waals surface area contributed by atoms with E-state index in [4.69, 9.17) is 15.6 Å². The molecule has 16 heavy (non-hydrogen) atoms. The fraction of sp³-hybridized carbons (Fsp3) is 0.273. The highest BCUT2D eigenvalue weighted by Crippen LogP contribution is 2.19. The Hall–Kier alpha value is -2.04. The second-order valence-corrected chi connectivity index (χ2v) is 2.58. The fourth-order valence-corrected chi connectivity index (χ4v) is 1.03. The lowest BCUT2D eigenvalue weighted by molar-refractivity contribution is 0.0697. The molecule has 0 atom stereocenters. The average molecular weight is 225 g/mol. The largest absolute Gasteiger partial charge is 0.496 e. The summed E-state index contributed by atoms with van der Waals surface area (Å²) in [6, 6.07) is 3.92. The molecular formula is C11H15NO4. The van der Waals surface area contributed by atoms with Crippen LogP contribution < -0.4 is 10.5 Å². The lowest BCUT2D eigenvalue weighted by Gasteiger charge is -2.05. The van der Waals surface area contributed by atoms with Crippen molar-refractivity contribution >= 4 is 11.9 Å². The third-order valence-corrected chi connectivity index (χ3v) is 1.71. The molecule has 0 unspecified atom stereocenters. The van der Waals surface area contributed by atoms with E-state index in [9.17, 15) is 9.59 Å². The number of hydrogen-bond acceptors (Lipinski definition) is 3. The summed E-state index contributed by atoms with van der Waals surface area (Å²) in [5.41, 5.74) is 5.11. The van der Waals surface area contributed by atoms with Crippen molar-refractivity contribution in [2.24, 2.45) is 5.73 Å². The Morgan fingerprint density at radius 3 is 2.25 bits per heavy atom. The smallest absolute Gasteiger partial charge is 0.335 e. The molecule has 0 saturated heterocycles. The topological polar surface area (TPSA) is 89.6 Å². The van der Waals surface area contributed by atoms with E-state index in [1.54, 1.807) is 0 Å². The van der Waals surface area contributed by atoms with E-state index >= 15 is 0 Å². The molecule has 3 N–H and O–H groups in total. The average Bonchev–Trinajstić information content (AvgIpc) is 2.30. The maximum absolute atomic E-state index is 10.9. The molecule has 0 aromatic heterocycles. The molecule has 0 radical (unpaired) electrons. The van der Waals surface area contributed by atoms with Crippen molar-refractivity contribution in [3.8, 4) is 5.75 Å². The van der Waals surface area contributed by atoms with Crippen molar-refractivity contribution in [3.05, 3.63) is 29.3 Å². The number of primary amides is 1. The molecule has 0 saturated carbocycles. The molecule has 5 heteroatoms. The predicted octanol–water partition coefficient (Wildman–Crippen LogP) is 1.52. The zero-order chi connectivity index (χ0) is 12.7. The van der Waals surface area contributed by atoms with Gasteiger partial charge in [0.2, 0.25) is 0 Å². The Bertz CT molecular complexity index is 388. The molecule has 0 fully saturated rings. The molecule has 0 aliphatic carbocycles. The van der Waals surface area contributed by atoms with Gasteiger partial charge in [0.25, 0.3) is 5.91 Å². The summed E-state index contributed by atoms with van der Waals surface area (Å²) in [5.74, 6) is -1.57. The molecule has 0 bridgehead atoms. The van der Waals surface area contributed by atoms with Gasteiger partial charge in [0.15, 0.2) is 0 Å². The lowest BCUT2D eigenvalue weighted by atomic mass is 10.1. The summed E-state index contributed by atoms with van der Waals surface area (Å²) in [6.45, 7) is 4.00. The first-order valence-corrected chi connectivity index (χ1v) is 4.77. The number of aromatic carboxylic acids is 1. The summed E-state index contributed by atoms with van der Waals surface area (Å²) in [7, 11) is 1.38. The van der Waals surface area contributed by atoms with Gasteiger partial charge in [-0.1, -0.05) is 13.8 Å². The van der Waals surface area contributed by atoms with Crippen molar-refractivity contribution in [2.75, 3.05) is 7.11 Å². The molecule has 1 amide bonds. The molecule has 1 aromatic rings. The van der Waals surface area contributed by atoms with E-state index in [2.05, 4.69) is 0 Å². The van der Waals surface area contributed by atoms with Crippen LogP contribution in [0.1, 0.15) is 34.6 Å². The molecule has 5 nitrogen and oxygen atoms in total. The number of carbonyl (C=O) groups is 2. The zero-order valence-corrected chi connectivity index (χ0v) is 9.48. The van der Waals surface area contributed by atoms with Gasteiger partial charge in [0, 0.05) is 0 Å². The Kier molecular flexibility index (Phi) is 5.62. The van der Waals surface area contributed by atoms with Crippen molar-refractivity contribution in [2.45, 2.75) is 13.8 Å². The van der Waals surface area contributed by atoms with Crippen LogP contribution in [-0.2, 0) is 0 Å². The van der Waals surface area contributed by atoms with Crippen LogP contribution in [0, 0.1) is 0 Å². The van der Waals surface area contributed by atoms with Gasteiger partial charge in [-0.25, -0.2) is 4.79 Å². The van der Waals surface area contributed by atoms with Crippen LogP contribution in [0.4, 0.5) is 0 Å². The highest BCUT2D eigenvalue weighted by atomic mass is 16.5. The van der Waals surface area contributed by atoms with E-state index in [0.717, 1.165) is 0 Å². The molecule has 0 heterocycles. The van der Waals surface area contributed by atoms with Crippen LogP contribution in [0.15, 0.2) is 18.2 Å². The van der Waals surface area contributed by atoms with Crippen LogP contribution in [0.25, 0.3) is 0 Å². The summed E-state index contributed by atoms with van der Waals surface area (Å²) in [4.78, 5) is 21.5. The number of rotatable bonds is 3. The van der Waals surface area contributed by atoms with Crippen LogP contribution >= 0.6 is 0 Å². The number of methoxy groups -OCH3 is 1. The lowest BCUT2D eigenvalue weighted by Crippen LogP contribution is -2.13. The summed E-state index contributed by atoms with van der Waals surface area (Å²) < 4.78 is 4.85. The van der Waals surface area contributed by atoms with Crippen molar-refractivity contribution < 1.29 is 19.4 Å². The summed E-state index contributed by atoms with van der Waals surface area (Å²) in [6.07, 6.45) is 0. The summed E-state index contributed by atoms with van der Waals surface area (Å²) in [5, 5.41) is 8.66. The van der Waals surface area contributed by atoms with Crippen LogP contribution in [0.2, 0.25) is 0 Å². The van der Waals surface area contributed by atoms with Crippen molar-refractivity contribution in [1.29, 1.82) is 0 Å². The quantitative estimate of drug-likeness (QED) is 0.816. The molecule has 1 aromatic carbocycles. The Morgan fingerprint density at radius 2 is 1.88 bits per heavy atom. The highest BCUT2D eigenvalue weighted by molar-refractivity contribution is 5.98. The first kappa shape index (κ1) is 14.0. The van der Waals surface area contributed by atoms with E-state index in [-0.39, 0.29) is 16.9 Å². The maximum atomic E-state index is 10.9. The SMILES string of the molecule is CC.COc1ccc(C(=O)O)cc1C(N)=O. The number of ether oxygens (including phenoxy) is 1. The molecule has 0 spiro atoms. The van der Waals surface area contributed by atoms with Gasteiger partial charge in [0.1, 0.15) is 5.75 Å². The number of carboxylic acids is 1. The van der Waals surface area contributed by atoms with Gasteiger partial charge in [-0.3, -0.25) is 4.79 Å². The van der Waals surface area contributed by atoms with E-state index in [1.165, 1.54) is 25.3 Å². The number of nitrogens with two attached hydrogens (primary N) is 1. The van der Waals surface area contributed by atoms with Gasteiger partial charge >= 0.3 is 5.97 Å². The highest BCUT2D eigenvalue weighted by Gasteiger charge is 2.12. The zero-order valence-electron chi connectivity index (χ0n) is 9.48. The summed E-state index contributed by atoms with van der Waals surface area (Å²) >= 11 is 0. The predicted molar refractivity (Wildman–Crippen MR) is 59.8 cm³/mol. The van der Waals surface area contributed by atoms with Gasteiger partial charge in [-0.15, -0.1) is 0 Å². The standard InChI is InChI=1S/C9H9NO4.C2H6/c1-14-7-3-2-5(9(12)13)4-6(7)8(10)11;1-2/h2-4H,1H3,(H2,10,11)(H,12,13);1-2H3. The molecular weight excluding hydrogens is 210 g/mol. The van der Waals surface area contributed by atoms with E-state index < -0.39 is 11.9 Å². The number of amides is 1. The molecule has 0 aliphatic heterocycles. The van der Waals surface area contributed by atoms with Crippen molar-refractivity contribution in [3.63, 3.8) is 0 Å². The third kappa shape index (κ3) is 3.27. The van der Waals surface area contributed by atoms with Crippen molar-refractivity contribution in [1.82, 2.24) is 0 Å². The fourth-order valence-electron chi connectivity index (χ4n) is 1.03. The number of carboxylic acid groups (broad SMARTS) is 1. The number of hydrogen-bond donors (Lipinski definition) is 2. The first-order valence-electron chi connectivity index (χ1n) is 4.77. The normalized spacial score (nSPS) is 8.69. The molecule has 1 rings (SSSR count). The Labute approximate surface area is 93.8 Å². The van der Waals surface area contributed by atoms with Gasteiger partial charge in [-0.2, -0.15) is 0 Å². The first-order chi connectivity index (χ1) is 7.56. The van der Waals surface area contributed by atoms with Crippen LogP contribution in [0.5, 0.6) is 5.75 Å². The molecule has 0 aliphatic rings. The number of carbonyl (C=O) groups excluding carboxylic acids is 1. The Morgan fingerprint density at radius 1 is 1.31 bits per heavy atom. The second kappa shape index (κ2) is 6.44. The minimum absolute atomic E-state index is 0.000370. The Balaban J connectivity index is 0.00000106. The molecule has 88 valence electrons. The monoisotopic (exact) mass is 225 g/mol. The second-order valence-electron chi connectivity index (χ2n) is 2.58. The minimum Gasteiger partial charge on any atom is -0.496 e. The van der Waals surface area contributed by atoms with Gasteiger partial charge in [0.05, 0.1) is 18.2 Å².